The van der Waals surface area contributed by atoms with Gasteiger partial charge >= 0.3 is 0 Å². The van der Waals surface area contributed by atoms with Crippen molar-refractivity contribution in [2.24, 2.45) is 12.0 Å². The van der Waals surface area contributed by atoms with Crippen LogP contribution in [-0.4, -0.2) is 47.1 Å². The Kier molecular flexibility index (Phi) is 7.98. The number of nitrogens with one attached hydrogen (secondary N) is 2. The zero-order chi connectivity index (χ0) is 17.9. The van der Waals surface area contributed by atoms with Crippen LogP contribution in [-0.2, 0) is 13.5 Å². The first-order chi connectivity index (χ1) is 12.2. The van der Waals surface area contributed by atoms with Gasteiger partial charge in [-0.3, -0.25) is 9.67 Å². The van der Waals surface area contributed by atoms with Crippen molar-refractivity contribution in [1.29, 1.82) is 0 Å². The smallest absolute Gasteiger partial charge is 0.191 e. The molecule has 6 nitrogen and oxygen atoms in total. The summed E-state index contributed by atoms with van der Waals surface area (Å²) in [7, 11) is 1.93. The quantitative estimate of drug-likeness (QED) is 0.368. The van der Waals surface area contributed by atoms with Crippen molar-refractivity contribution in [3.8, 4) is 0 Å². The largest absolute Gasteiger partial charge is 0.396 e. The van der Waals surface area contributed by atoms with E-state index < -0.39 is 0 Å². The molecule has 136 valence electrons. The third-order valence-corrected chi connectivity index (χ3v) is 4.00. The van der Waals surface area contributed by atoms with Crippen LogP contribution >= 0.6 is 0 Å². The minimum absolute atomic E-state index is 0.0204. The molecule has 1 atom stereocenters. The van der Waals surface area contributed by atoms with E-state index in [9.17, 15) is 5.11 Å². The van der Waals surface area contributed by atoms with E-state index in [1.165, 1.54) is 5.56 Å². The highest BCUT2D eigenvalue weighted by Crippen LogP contribution is 2.14. The molecule has 1 heterocycles. The Labute approximate surface area is 150 Å². The van der Waals surface area contributed by atoms with Crippen molar-refractivity contribution in [3.05, 3.63) is 53.9 Å². The van der Waals surface area contributed by atoms with Crippen molar-refractivity contribution in [1.82, 2.24) is 20.4 Å². The predicted octanol–water partition coefficient (Wildman–Crippen LogP) is 1.68. The highest BCUT2D eigenvalue weighted by molar-refractivity contribution is 5.79. The molecule has 0 spiro atoms. The van der Waals surface area contributed by atoms with Crippen molar-refractivity contribution in [2.75, 3.05) is 26.2 Å². The van der Waals surface area contributed by atoms with E-state index in [2.05, 4.69) is 20.7 Å². The Bertz CT molecular complexity index is 638. The number of aryl methyl sites for hydroxylation is 2. The van der Waals surface area contributed by atoms with Gasteiger partial charge in [-0.15, -0.1) is 0 Å². The number of benzene rings is 1. The molecular formula is C19H29N5O. The molecule has 0 aliphatic heterocycles. The summed E-state index contributed by atoms with van der Waals surface area (Å²) in [5.41, 5.74) is 2.36. The lowest BCUT2D eigenvalue weighted by Crippen LogP contribution is -2.38. The second-order valence-corrected chi connectivity index (χ2v) is 6.06. The fourth-order valence-electron chi connectivity index (χ4n) is 2.64. The lowest BCUT2D eigenvalue weighted by molar-refractivity contribution is 0.268. The van der Waals surface area contributed by atoms with Gasteiger partial charge < -0.3 is 15.7 Å². The molecule has 1 aromatic heterocycles. The molecule has 2 aromatic rings. The zero-order valence-electron chi connectivity index (χ0n) is 15.2. The zero-order valence-corrected chi connectivity index (χ0v) is 15.2. The van der Waals surface area contributed by atoms with Gasteiger partial charge in [-0.25, -0.2) is 0 Å². The first kappa shape index (κ1) is 19.0. The summed E-state index contributed by atoms with van der Waals surface area (Å²) in [5, 5.41) is 20.4. The molecule has 2 rings (SSSR count). The van der Waals surface area contributed by atoms with E-state index in [-0.39, 0.29) is 12.5 Å². The van der Waals surface area contributed by atoms with Crippen molar-refractivity contribution in [3.63, 3.8) is 0 Å². The molecule has 3 N–H and O–H groups in total. The lowest BCUT2D eigenvalue weighted by Gasteiger charge is -2.15. The van der Waals surface area contributed by atoms with Gasteiger partial charge in [-0.2, -0.15) is 5.10 Å². The standard InChI is InChI=1S/C19H29N5O/c1-3-20-19(21-11-7-8-16-12-23-24(2)14-16)22-13-18(15-25)17-9-5-4-6-10-17/h4-6,9-10,12,14,18,25H,3,7-8,11,13,15H2,1-2H3,(H2,20,21,22). The van der Waals surface area contributed by atoms with E-state index in [1.807, 2.05) is 61.4 Å². The molecule has 0 fully saturated rings. The number of nitrogens with zero attached hydrogens (tertiary/aromatic N) is 3. The number of hydrogen-bond acceptors (Lipinski definition) is 3. The van der Waals surface area contributed by atoms with Crippen LogP contribution in [0.3, 0.4) is 0 Å². The molecule has 0 radical (unpaired) electrons. The summed E-state index contributed by atoms with van der Waals surface area (Å²) in [5.74, 6) is 0.815. The Morgan fingerprint density at radius 1 is 1.28 bits per heavy atom. The van der Waals surface area contributed by atoms with Gasteiger partial charge in [0.2, 0.25) is 0 Å². The van der Waals surface area contributed by atoms with Gasteiger partial charge in [0.1, 0.15) is 0 Å². The van der Waals surface area contributed by atoms with Crippen LogP contribution in [0.4, 0.5) is 0 Å². The van der Waals surface area contributed by atoms with Crippen LogP contribution in [0.2, 0.25) is 0 Å². The fourth-order valence-corrected chi connectivity index (χ4v) is 2.64. The maximum Gasteiger partial charge on any atom is 0.191 e. The average Bonchev–Trinajstić information content (AvgIpc) is 3.05. The predicted molar refractivity (Wildman–Crippen MR) is 102 cm³/mol. The van der Waals surface area contributed by atoms with Crippen LogP contribution in [0.5, 0.6) is 0 Å². The monoisotopic (exact) mass is 343 g/mol. The average molecular weight is 343 g/mol. The Morgan fingerprint density at radius 2 is 2.08 bits per heavy atom. The first-order valence-electron chi connectivity index (χ1n) is 8.88. The third kappa shape index (κ3) is 6.58. The Morgan fingerprint density at radius 3 is 2.72 bits per heavy atom. The van der Waals surface area contributed by atoms with Crippen molar-refractivity contribution >= 4 is 5.96 Å². The van der Waals surface area contributed by atoms with Gasteiger partial charge in [-0.1, -0.05) is 30.3 Å². The topological polar surface area (TPSA) is 74.5 Å². The molecule has 6 heteroatoms. The summed E-state index contributed by atoms with van der Waals surface area (Å²) >= 11 is 0. The molecule has 0 aliphatic carbocycles. The highest BCUT2D eigenvalue weighted by atomic mass is 16.3. The summed E-state index contributed by atoms with van der Waals surface area (Å²) in [6, 6.07) is 10.0. The van der Waals surface area contributed by atoms with E-state index in [1.54, 1.807) is 0 Å². The van der Waals surface area contributed by atoms with Gasteiger partial charge in [-0.05, 0) is 30.9 Å². The van der Waals surface area contributed by atoms with Gasteiger partial charge in [0.05, 0.1) is 19.3 Å². The normalized spacial score (nSPS) is 12.8. The summed E-state index contributed by atoms with van der Waals surface area (Å²) in [6.45, 7) is 4.35. The number of guanidine groups is 1. The number of rotatable bonds is 9. The third-order valence-electron chi connectivity index (χ3n) is 4.00. The second-order valence-electron chi connectivity index (χ2n) is 6.06. The summed E-state index contributed by atoms with van der Waals surface area (Å²) in [4.78, 5) is 4.63. The fraction of sp³-hybridized carbons (Fsp3) is 0.474. The number of aliphatic hydroxyl groups excluding tert-OH is 1. The summed E-state index contributed by atoms with van der Waals surface area (Å²) in [6.07, 6.45) is 5.96. The Balaban J connectivity index is 1.82. The minimum atomic E-state index is 0.0204. The molecule has 0 bridgehead atoms. The van der Waals surface area contributed by atoms with Crippen LogP contribution < -0.4 is 10.6 Å². The van der Waals surface area contributed by atoms with Crippen molar-refractivity contribution < 1.29 is 5.11 Å². The number of aromatic nitrogens is 2. The van der Waals surface area contributed by atoms with Crippen LogP contribution in [0.15, 0.2) is 47.7 Å². The first-order valence-corrected chi connectivity index (χ1v) is 8.88. The van der Waals surface area contributed by atoms with E-state index in [0.29, 0.717) is 6.54 Å². The second kappa shape index (κ2) is 10.5. The van der Waals surface area contributed by atoms with Gasteiger partial charge in [0, 0.05) is 32.3 Å². The number of aliphatic hydroxyl groups is 1. The maximum absolute atomic E-state index is 9.65. The van der Waals surface area contributed by atoms with Crippen LogP contribution in [0, 0.1) is 0 Å². The number of aliphatic imine (C=N–C) groups is 1. The molecule has 1 aromatic carbocycles. The SMILES string of the molecule is CCNC(=NCC(CO)c1ccccc1)NCCCc1cnn(C)c1. The summed E-state index contributed by atoms with van der Waals surface area (Å²) < 4.78 is 1.83. The molecule has 0 amide bonds. The van der Waals surface area contributed by atoms with Crippen LogP contribution in [0.1, 0.15) is 30.4 Å². The van der Waals surface area contributed by atoms with Crippen LogP contribution in [0.25, 0.3) is 0 Å². The molecule has 0 aliphatic rings. The molecule has 0 saturated heterocycles. The molecule has 0 saturated carbocycles. The maximum atomic E-state index is 9.65. The van der Waals surface area contributed by atoms with Gasteiger partial charge in [0.25, 0.3) is 0 Å². The number of hydrogen-bond donors (Lipinski definition) is 3. The van der Waals surface area contributed by atoms with E-state index >= 15 is 0 Å². The minimum Gasteiger partial charge on any atom is -0.396 e. The van der Waals surface area contributed by atoms with E-state index in [4.69, 9.17) is 0 Å². The molecule has 1 unspecified atom stereocenters. The lowest BCUT2D eigenvalue weighted by atomic mass is 10.0. The van der Waals surface area contributed by atoms with Crippen molar-refractivity contribution in [2.45, 2.75) is 25.7 Å². The van der Waals surface area contributed by atoms with Gasteiger partial charge in [0.15, 0.2) is 5.96 Å². The molecule has 25 heavy (non-hydrogen) atoms. The molecular weight excluding hydrogens is 314 g/mol. The van der Waals surface area contributed by atoms with E-state index in [0.717, 1.165) is 37.5 Å². The highest BCUT2D eigenvalue weighted by Gasteiger charge is 2.09. The Hall–Kier alpha value is -2.34.